The number of thioether (sulfide) groups is 1. The molecule has 0 atom stereocenters. The van der Waals surface area contributed by atoms with Gasteiger partial charge in [0.2, 0.25) is 0 Å². The van der Waals surface area contributed by atoms with Gasteiger partial charge in [-0.25, -0.2) is 0 Å². The Balaban J connectivity index is 1.88. The van der Waals surface area contributed by atoms with Crippen molar-refractivity contribution in [3.8, 4) is 17.5 Å². The van der Waals surface area contributed by atoms with E-state index in [1.807, 2.05) is 30.3 Å². The second kappa shape index (κ2) is 8.45. The standard InChI is InChI=1S/C23H24N4S/c1-5-14-27-21(17-10-12-20(13-11-17)23(2,3)4)25-26-22(27)28-16-19-9-7-6-8-18(19)15-24/h5-13H,1,14,16H2,2-4H3. The summed E-state index contributed by atoms with van der Waals surface area (Å²) in [5.74, 6) is 1.50. The highest BCUT2D eigenvalue weighted by Gasteiger charge is 2.17. The second-order valence-corrected chi connectivity index (χ2v) is 8.53. The minimum atomic E-state index is 0.114. The van der Waals surface area contributed by atoms with Gasteiger partial charge in [0.15, 0.2) is 11.0 Å². The van der Waals surface area contributed by atoms with Gasteiger partial charge in [-0.2, -0.15) is 5.26 Å². The fourth-order valence-corrected chi connectivity index (χ4v) is 3.87. The molecule has 0 aliphatic rings. The van der Waals surface area contributed by atoms with Crippen molar-refractivity contribution in [3.05, 3.63) is 77.9 Å². The first-order chi connectivity index (χ1) is 13.4. The number of hydrogen-bond donors (Lipinski definition) is 0. The molecule has 0 aliphatic carbocycles. The van der Waals surface area contributed by atoms with Gasteiger partial charge in [0.1, 0.15) is 0 Å². The van der Waals surface area contributed by atoms with E-state index < -0.39 is 0 Å². The first-order valence-electron chi connectivity index (χ1n) is 9.20. The Morgan fingerprint density at radius 2 is 1.82 bits per heavy atom. The summed E-state index contributed by atoms with van der Waals surface area (Å²) in [6, 6.07) is 18.4. The lowest BCUT2D eigenvalue weighted by molar-refractivity contribution is 0.590. The number of benzene rings is 2. The molecule has 142 valence electrons. The van der Waals surface area contributed by atoms with Crippen molar-refractivity contribution in [3.63, 3.8) is 0 Å². The summed E-state index contributed by atoms with van der Waals surface area (Å²) in [5, 5.41) is 18.9. The van der Waals surface area contributed by atoms with Crippen LogP contribution in [0.25, 0.3) is 11.4 Å². The predicted molar refractivity (Wildman–Crippen MR) is 115 cm³/mol. The van der Waals surface area contributed by atoms with E-state index in [9.17, 15) is 5.26 Å². The molecule has 0 N–H and O–H groups in total. The zero-order valence-electron chi connectivity index (χ0n) is 16.5. The number of hydrogen-bond acceptors (Lipinski definition) is 4. The van der Waals surface area contributed by atoms with E-state index in [1.165, 1.54) is 5.56 Å². The van der Waals surface area contributed by atoms with Crippen LogP contribution in [0.5, 0.6) is 0 Å². The molecular formula is C23H24N4S. The molecule has 0 bridgehead atoms. The number of nitrogens with zero attached hydrogens (tertiary/aromatic N) is 4. The van der Waals surface area contributed by atoms with E-state index in [0.717, 1.165) is 22.1 Å². The first-order valence-corrected chi connectivity index (χ1v) is 10.2. The maximum absolute atomic E-state index is 9.28. The molecule has 0 fully saturated rings. The summed E-state index contributed by atoms with van der Waals surface area (Å²) in [5.41, 5.74) is 4.13. The van der Waals surface area contributed by atoms with Crippen LogP contribution in [0.1, 0.15) is 37.5 Å². The Morgan fingerprint density at radius 3 is 2.46 bits per heavy atom. The van der Waals surface area contributed by atoms with Crippen LogP contribution in [-0.2, 0) is 17.7 Å². The van der Waals surface area contributed by atoms with Crippen molar-refractivity contribution in [1.82, 2.24) is 14.8 Å². The average molecular weight is 389 g/mol. The van der Waals surface area contributed by atoms with Crippen LogP contribution in [-0.4, -0.2) is 14.8 Å². The predicted octanol–water partition coefficient (Wildman–Crippen LogP) is 5.59. The normalized spacial score (nSPS) is 11.2. The number of aromatic nitrogens is 3. The molecule has 0 amide bonds. The molecule has 0 spiro atoms. The lowest BCUT2D eigenvalue weighted by Gasteiger charge is -2.19. The van der Waals surface area contributed by atoms with Gasteiger partial charge in [0.25, 0.3) is 0 Å². The summed E-state index contributed by atoms with van der Waals surface area (Å²) in [7, 11) is 0. The molecule has 0 radical (unpaired) electrons. The summed E-state index contributed by atoms with van der Waals surface area (Å²) in [6.07, 6.45) is 1.85. The highest BCUT2D eigenvalue weighted by molar-refractivity contribution is 7.98. The van der Waals surface area contributed by atoms with Gasteiger partial charge < -0.3 is 0 Å². The second-order valence-electron chi connectivity index (χ2n) is 7.59. The molecule has 4 nitrogen and oxygen atoms in total. The van der Waals surface area contributed by atoms with Gasteiger partial charge >= 0.3 is 0 Å². The van der Waals surface area contributed by atoms with Crippen LogP contribution < -0.4 is 0 Å². The highest BCUT2D eigenvalue weighted by Crippen LogP contribution is 2.29. The maximum Gasteiger partial charge on any atom is 0.192 e. The Kier molecular flexibility index (Phi) is 6.01. The molecule has 28 heavy (non-hydrogen) atoms. The molecule has 2 aromatic carbocycles. The van der Waals surface area contributed by atoms with E-state index in [0.29, 0.717) is 17.9 Å². The molecule has 0 unspecified atom stereocenters. The van der Waals surface area contributed by atoms with Crippen LogP contribution in [0.3, 0.4) is 0 Å². The molecule has 0 aliphatic heterocycles. The molecular weight excluding hydrogens is 364 g/mol. The van der Waals surface area contributed by atoms with Crippen LogP contribution in [0.2, 0.25) is 0 Å². The van der Waals surface area contributed by atoms with E-state index in [1.54, 1.807) is 11.8 Å². The SMILES string of the molecule is C=CCn1c(SCc2ccccc2C#N)nnc1-c1ccc(C(C)(C)C)cc1. The Morgan fingerprint density at radius 1 is 1.11 bits per heavy atom. The van der Waals surface area contributed by atoms with E-state index in [4.69, 9.17) is 0 Å². The van der Waals surface area contributed by atoms with Crippen molar-refractivity contribution in [2.75, 3.05) is 0 Å². The Bertz CT molecular complexity index is 1000. The van der Waals surface area contributed by atoms with Gasteiger partial charge in [-0.1, -0.05) is 81.1 Å². The lowest BCUT2D eigenvalue weighted by Crippen LogP contribution is -2.10. The zero-order chi connectivity index (χ0) is 20.1. The fourth-order valence-electron chi connectivity index (χ4n) is 2.92. The van der Waals surface area contributed by atoms with Gasteiger partial charge in [-0.3, -0.25) is 4.57 Å². The molecule has 3 rings (SSSR count). The lowest BCUT2D eigenvalue weighted by atomic mass is 9.87. The van der Waals surface area contributed by atoms with E-state index >= 15 is 0 Å². The average Bonchev–Trinajstić information content (AvgIpc) is 3.09. The first kappa shape index (κ1) is 19.9. The topological polar surface area (TPSA) is 54.5 Å². The van der Waals surface area contributed by atoms with E-state index in [-0.39, 0.29) is 5.41 Å². The Hall–Kier alpha value is -2.84. The smallest absolute Gasteiger partial charge is 0.192 e. The summed E-state index contributed by atoms with van der Waals surface area (Å²) in [4.78, 5) is 0. The summed E-state index contributed by atoms with van der Waals surface area (Å²) < 4.78 is 2.07. The van der Waals surface area contributed by atoms with Gasteiger partial charge in [-0.15, -0.1) is 16.8 Å². The number of nitriles is 1. The van der Waals surface area contributed by atoms with Crippen molar-refractivity contribution >= 4 is 11.8 Å². The molecule has 0 saturated heterocycles. The molecule has 0 saturated carbocycles. The molecule has 5 heteroatoms. The third-order valence-electron chi connectivity index (χ3n) is 4.53. The van der Waals surface area contributed by atoms with Crippen LogP contribution in [0, 0.1) is 11.3 Å². The number of allylic oxidation sites excluding steroid dienone is 1. The van der Waals surface area contributed by atoms with Crippen molar-refractivity contribution in [1.29, 1.82) is 5.26 Å². The number of rotatable bonds is 6. The fraction of sp³-hybridized carbons (Fsp3) is 0.261. The highest BCUT2D eigenvalue weighted by atomic mass is 32.2. The largest absolute Gasteiger partial charge is 0.298 e. The van der Waals surface area contributed by atoms with Gasteiger partial charge in [0, 0.05) is 17.9 Å². The molecule has 3 aromatic rings. The summed E-state index contributed by atoms with van der Waals surface area (Å²) in [6.45, 7) is 11.1. The minimum Gasteiger partial charge on any atom is -0.298 e. The monoisotopic (exact) mass is 388 g/mol. The van der Waals surface area contributed by atoms with E-state index in [2.05, 4.69) is 72.4 Å². The quantitative estimate of drug-likeness (QED) is 0.408. The maximum atomic E-state index is 9.28. The van der Waals surface area contributed by atoms with Gasteiger partial charge in [-0.05, 0) is 22.6 Å². The van der Waals surface area contributed by atoms with Crippen LogP contribution in [0.4, 0.5) is 0 Å². The van der Waals surface area contributed by atoms with Crippen LogP contribution >= 0.6 is 11.8 Å². The Labute approximate surface area is 170 Å². The van der Waals surface area contributed by atoms with Gasteiger partial charge in [0.05, 0.1) is 11.6 Å². The molecule has 1 heterocycles. The van der Waals surface area contributed by atoms with Crippen molar-refractivity contribution < 1.29 is 0 Å². The van der Waals surface area contributed by atoms with Crippen molar-refractivity contribution in [2.45, 2.75) is 43.6 Å². The zero-order valence-corrected chi connectivity index (χ0v) is 17.3. The summed E-state index contributed by atoms with van der Waals surface area (Å²) >= 11 is 1.58. The van der Waals surface area contributed by atoms with Crippen LogP contribution in [0.15, 0.2) is 66.3 Å². The molecule has 1 aromatic heterocycles. The third kappa shape index (κ3) is 4.35. The van der Waals surface area contributed by atoms with Crippen molar-refractivity contribution in [2.24, 2.45) is 0 Å². The third-order valence-corrected chi connectivity index (χ3v) is 5.55. The minimum absolute atomic E-state index is 0.114.